The Morgan fingerprint density at radius 2 is 2.14 bits per heavy atom. The molecule has 0 radical (unpaired) electrons. The number of hydrogen-bond acceptors (Lipinski definition) is 4. The number of amides is 1. The molecule has 1 aromatic heterocycles. The molecule has 1 aliphatic heterocycles. The highest BCUT2D eigenvalue weighted by Gasteiger charge is 2.32. The lowest BCUT2D eigenvalue weighted by molar-refractivity contribution is -0.120. The van der Waals surface area contributed by atoms with Gasteiger partial charge in [-0.15, -0.1) is 0 Å². The summed E-state index contributed by atoms with van der Waals surface area (Å²) in [6, 6.07) is -0.218. The van der Waals surface area contributed by atoms with Gasteiger partial charge in [-0.2, -0.15) is 4.31 Å². The van der Waals surface area contributed by atoms with Crippen LogP contribution in [0.3, 0.4) is 0 Å². The molecule has 0 bridgehead atoms. The van der Waals surface area contributed by atoms with E-state index in [9.17, 15) is 13.2 Å². The minimum Gasteiger partial charge on any atom is -0.354 e. The van der Waals surface area contributed by atoms with Crippen molar-refractivity contribution >= 4 is 15.9 Å². The molecule has 1 amide bonds. The number of fused-ring (bicyclic) bond motifs is 1. The van der Waals surface area contributed by atoms with E-state index in [1.165, 1.54) is 10.6 Å². The minimum atomic E-state index is -3.25. The van der Waals surface area contributed by atoms with Crippen LogP contribution < -0.4 is 5.32 Å². The fraction of sp³-hybridized carbons (Fsp3) is 0.692. The van der Waals surface area contributed by atoms with Gasteiger partial charge in [0.2, 0.25) is 15.9 Å². The zero-order valence-corrected chi connectivity index (χ0v) is 13.6. The quantitative estimate of drug-likeness (QED) is 0.865. The second kappa shape index (κ2) is 5.76. The van der Waals surface area contributed by atoms with Crippen LogP contribution in [0.2, 0.25) is 0 Å². The van der Waals surface area contributed by atoms with Gasteiger partial charge >= 0.3 is 0 Å². The SMILES string of the molecule is CC(C)NC(=O)Cc1cn2c(n1)[C@H](C)N(S(C)(=O)=O)CC2. The average molecular weight is 314 g/mol. The predicted octanol–water partition coefficient (Wildman–Crippen LogP) is 0.286. The van der Waals surface area contributed by atoms with E-state index >= 15 is 0 Å². The normalized spacial score (nSPS) is 19.6. The Morgan fingerprint density at radius 1 is 1.48 bits per heavy atom. The van der Waals surface area contributed by atoms with Gasteiger partial charge in [-0.25, -0.2) is 13.4 Å². The maximum Gasteiger partial charge on any atom is 0.226 e. The van der Waals surface area contributed by atoms with Gasteiger partial charge in [0.25, 0.3) is 0 Å². The second-order valence-electron chi connectivity index (χ2n) is 5.73. The monoisotopic (exact) mass is 314 g/mol. The molecule has 7 nitrogen and oxygen atoms in total. The Labute approximate surface area is 125 Å². The van der Waals surface area contributed by atoms with Gasteiger partial charge in [-0.3, -0.25) is 4.79 Å². The molecule has 1 atom stereocenters. The second-order valence-corrected chi connectivity index (χ2v) is 7.67. The lowest BCUT2D eigenvalue weighted by atomic mass is 10.2. The zero-order chi connectivity index (χ0) is 15.8. The van der Waals surface area contributed by atoms with E-state index in [1.54, 1.807) is 0 Å². The maximum absolute atomic E-state index is 11.8. The first kappa shape index (κ1) is 16.0. The van der Waals surface area contributed by atoms with Crippen LogP contribution in [0, 0.1) is 0 Å². The van der Waals surface area contributed by atoms with Crippen LogP contribution in [0.5, 0.6) is 0 Å². The van der Waals surface area contributed by atoms with E-state index in [-0.39, 0.29) is 24.4 Å². The molecule has 1 aliphatic rings. The molecular weight excluding hydrogens is 292 g/mol. The molecule has 118 valence electrons. The molecule has 1 aromatic rings. The molecule has 0 spiro atoms. The van der Waals surface area contributed by atoms with Crippen molar-refractivity contribution in [2.75, 3.05) is 12.8 Å². The average Bonchev–Trinajstić information content (AvgIpc) is 2.69. The van der Waals surface area contributed by atoms with E-state index < -0.39 is 10.0 Å². The van der Waals surface area contributed by atoms with E-state index in [0.717, 1.165) is 0 Å². The van der Waals surface area contributed by atoms with Crippen LogP contribution in [-0.4, -0.2) is 47.0 Å². The van der Waals surface area contributed by atoms with Crippen molar-refractivity contribution in [2.45, 2.75) is 45.8 Å². The van der Waals surface area contributed by atoms with Crippen LogP contribution >= 0.6 is 0 Å². The number of rotatable bonds is 4. The number of hydrogen-bond donors (Lipinski definition) is 1. The Bertz CT molecular complexity index is 636. The van der Waals surface area contributed by atoms with E-state index in [1.807, 2.05) is 31.5 Å². The van der Waals surface area contributed by atoms with Gasteiger partial charge in [-0.05, 0) is 20.8 Å². The number of carbonyl (C=O) groups excluding carboxylic acids is 1. The summed E-state index contributed by atoms with van der Waals surface area (Å²) in [6.45, 7) is 6.62. The van der Waals surface area contributed by atoms with Crippen LogP contribution in [0.4, 0.5) is 0 Å². The van der Waals surface area contributed by atoms with Gasteiger partial charge in [0.15, 0.2) is 0 Å². The van der Waals surface area contributed by atoms with E-state index in [4.69, 9.17) is 0 Å². The predicted molar refractivity (Wildman–Crippen MR) is 79.2 cm³/mol. The molecule has 0 saturated carbocycles. The largest absolute Gasteiger partial charge is 0.354 e. The van der Waals surface area contributed by atoms with Crippen molar-refractivity contribution in [2.24, 2.45) is 0 Å². The Kier molecular flexibility index (Phi) is 4.38. The first-order valence-electron chi connectivity index (χ1n) is 7.00. The van der Waals surface area contributed by atoms with Crippen LogP contribution in [0.25, 0.3) is 0 Å². The number of aromatic nitrogens is 2. The van der Waals surface area contributed by atoms with Crippen LogP contribution in [-0.2, 0) is 27.8 Å². The summed E-state index contributed by atoms with van der Waals surface area (Å²) >= 11 is 0. The lowest BCUT2D eigenvalue weighted by Crippen LogP contribution is -2.40. The summed E-state index contributed by atoms with van der Waals surface area (Å²) in [5, 5.41) is 2.82. The third-order valence-corrected chi connectivity index (χ3v) is 4.79. The highest BCUT2D eigenvalue weighted by atomic mass is 32.2. The Morgan fingerprint density at radius 3 is 2.71 bits per heavy atom. The van der Waals surface area contributed by atoms with Crippen molar-refractivity contribution in [1.29, 1.82) is 0 Å². The summed E-state index contributed by atoms with van der Waals surface area (Å²) in [7, 11) is -3.25. The van der Waals surface area contributed by atoms with Gasteiger partial charge in [-0.1, -0.05) is 0 Å². The van der Waals surface area contributed by atoms with Crippen LogP contribution in [0.1, 0.15) is 38.3 Å². The maximum atomic E-state index is 11.8. The molecule has 0 fully saturated rings. The summed E-state index contributed by atoms with van der Waals surface area (Å²) in [5.74, 6) is 0.618. The number of nitrogens with zero attached hydrogens (tertiary/aromatic N) is 3. The number of imidazole rings is 1. The summed E-state index contributed by atoms with van der Waals surface area (Å²) in [5.41, 5.74) is 0.672. The van der Waals surface area contributed by atoms with Crippen LogP contribution in [0.15, 0.2) is 6.20 Å². The fourth-order valence-corrected chi connectivity index (χ4v) is 3.69. The smallest absolute Gasteiger partial charge is 0.226 e. The highest BCUT2D eigenvalue weighted by Crippen LogP contribution is 2.26. The molecule has 0 unspecified atom stereocenters. The van der Waals surface area contributed by atoms with Crippen molar-refractivity contribution < 1.29 is 13.2 Å². The summed E-state index contributed by atoms with van der Waals surface area (Å²) < 4.78 is 26.8. The molecule has 2 heterocycles. The van der Waals surface area contributed by atoms with Crippen molar-refractivity contribution in [3.63, 3.8) is 0 Å². The standard InChI is InChI=1S/C13H22N4O3S/c1-9(2)14-12(18)7-11-8-16-5-6-17(21(4,19)20)10(3)13(16)15-11/h8-10H,5-7H2,1-4H3,(H,14,18)/t10-/m0/s1. The van der Waals surface area contributed by atoms with Crippen molar-refractivity contribution in [3.05, 3.63) is 17.7 Å². The number of sulfonamides is 1. The molecule has 8 heteroatoms. The molecule has 21 heavy (non-hydrogen) atoms. The molecule has 0 aliphatic carbocycles. The third kappa shape index (κ3) is 3.62. The summed E-state index contributed by atoms with van der Waals surface area (Å²) in [4.78, 5) is 16.2. The zero-order valence-electron chi connectivity index (χ0n) is 12.8. The Hall–Kier alpha value is -1.41. The van der Waals surface area contributed by atoms with Crippen molar-refractivity contribution in [3.8, 4) is 0 Å². The number of carbonyl (C=O) groups is 1. The first-order valence-corrected chi connectivity index (χ1v) is 8.85. The number of nitrogens with one attached hydrogen (secondary N) is 1. The van der Waals surface area contributed by atoms with Gasteiger partial charge in [0, 0.05) is 25.3 Å². The molecule has 0 saturated heterocycles. The first-order chi connectivity index (χ1) is 9.68. The van der Waals surface area contributed by atoms with Gasteiger partial charge in [0.05, 0.1) is 24.4 Å². The highest BCUT2D eigenvalue weighted by molar-refractivity contribution is 7.88. The summed E-state index contributed by atoms with van der Waals surface area (Å²) in [6.07, 6.45) is 3.26. The Balaban J connectivity index is 2.17. The third-order valence-electron chi connectivity index (χ3n) is 3.44. The lowest BCUT2D eigenvalue weighted by Gasteiger charge is -2.31. The van der Waals surface area contributed by atoms with E-state index in [0.29, 0.717) is 24.6 Å². The van der Waals surface area contributed by atoms with E-state index in [2.05, 4.69) is 10.3 Å². The molecule has 0 aromatic carbocycles. The molecular formula is C13H22N4O3S. The van der Waals surface area contributed by atoms with Gasteiger partial charge in [0.1, 0.15) is 5.82 Å². The molecule has 1 N–H and O–H groups in total. The topological polar surface area (TPSA) is 84.3 Å². The fourth-order valence-electron chi connectivity index (χ4n) is 2.60. The molecule has 2 rings (SSSR count). The van der Waals surface area contributed by atoms with Crippen molar-refractivity contribution in [1.82, 2.24) is 19.2 Å². The minimum absolute atomic E-state index is 0.0759. The van der Waals surface area contributed by atoms with Gasteiger partial charge < -0.3 is 9.88 Å².